The van der Waals surface area contributed by atoms with Crippen molar-refractivity contribution >= 4 is 33.5 Å². The highest BCUT2D eigenvalue weighted by Crippen LogP contribution is 2.27. The summed E-state index contributed by atoms with van der Waals surface area (Å²) in [6.45, 7) is 3.12. The number of aryl methyl sites for hydroxylation is 2. The SMILES string of the molecule is Cc1ccc(N(CC(=O)N/N=C\c2ccccc2[N+](=O)[O-])S(=O)(=O)c2ccccc2)c(C)c1. The molecule has 0 fully saturated rings. The zero-order valence-corrected chi connectivity index (χ0v) is 18.8. The van der Waals surface area contributed by atoms with Crippen molar-refractivity contribution in [3.63, 3.8) is 0 Å². The first-order valence-corrected chi connectivity index (χ1v) is 11.3. The maximum Gasteiger partial charge on any atom is 0.278 e. The lowest BCUT2D eigenvalue weighted by Gasteiger charge is -2.25. The minimum Gasteiger partial charge on any atom is -0.271 e. The molecule has 0 saturated heterocycles. The van der Waals surface area contributed by atoms with Gasteiger partial charge in [-0.15, -0.1) is 0 Å². The van der Waals surface area contributed by atoms with Gasteiger partial charge in [-0.2, -0.15) is 5.10 Å². The molecule has 0 atom stereocenters. The predicted octanol–water partition coefficient (Wildman–Crippen LogP) is 3.56. The number of rotatable bonds is 8. The molecular formula is C23H22N4O5S. The van der Waals surface area contributed by atoms with Gasteiger partial charge in [-0.25, -0.2) is 13.8 Å². The van der Waals surface area contributed by atoms with E-state index in [0.29, 0.717) is 11.3 Å². The number of amides is 1. The number of carbonyl (C=O) groups is 1. The van der Waals surface area contributed by atoms with Crippen LogP contribution in [0.15, 0.2) is 82.8 Å². The number of nitrogens with zero attached hydrogens (tertiary/aromatic N) is 3. The smallest absolute Gasteiger partial charge is 0.271 e. The van der Waals surface area contributed by atoms with Crippen LogP contribution in [-0.2, 0) is 14.8 Å². The van der Waals surface area contributed by atoms with Crippen molar-refractivity contribution in [2.45, 2.75) is 18.7 Å². The Kier molecular flexibility index (Phi) is 7.19. The van der Waals surface area contributed by atoms with Crippen molar-refractivity contribution < 1.29 is 18.1 Å². The number of nitrogens with one attached hydrogen (secondary N) is 1. The molecule has 0 saturated carbocycles. The lowest BCUT2D eigenvalue weighted by Crippen LogP contribution is -2.40. The Balaban J connectivity index is 1.88. The van der Waals surface area contributed by atoms with Crippen LogP contribution in [-0.4, -0.2) is 32.0 Å². The number of nitro benzene ring substituents is 1. The van der Waals surface area contributed by atoms with Crippen molar-refractivity contribution in [3.8, 4) is 0 Å². The van der Waals surface area contributed by atoms with Crippen LogP contribution in [0.2, 0.25) is 0 Å². The topological polar surface area (TPSA) is 122 Å². The van der Waals surface area contributed by atoms with Gasteiger partial charge in [0.25, 0.3) is 21.6 Å². The molecule has 9 nitrogen and oxygen atoms in total. The Morgan fingerprint density at radius 2 is 1.73 bits per heavy atom. The van der Waals surface area contributed by atoms with Gasteiger partial charge in [0, 0.05) is 6.07 Å². The van der Waals surface area contributed by atoms with Crippen LogP contribution < -0.4 is 9.73 Å². The molecular weight excluding hydrogens is 444 g/mol. The van der Waals surface area contributed by atoms with E-state index in [0.717, 1.165) is 16.1 Å². The van der Waals surface area contributed by atoms with E-state index in [-0.39, 0.29) is 16.1 Å². The third-order valence-corrected chi connectivity index (χ3v) is 6.54. The maximum absolute atomic E-state index is 13.4. The summed E-state index contributed by atoms with van der Waals surface area (Å²) in [5.74, 6) is -0.704. The van der Waals surface area contributed by atoms with E-state index < -0.39 is 27.4 Å². The van der Waals surface area contributed by atoms with Crippen LogP contribution in [0.3, 0.4) is 0 Å². The summed E-state index contributed by atoms with van der Waals surface area (Å²) in [4.78, 5) is 23.2. The molecule has 0 aromatic heterocycles. The highest BCUT2D eigenvalue weighted by Gasteiger charge is 2.28. The zero-order valence-electron chi connectivity index (χ0n) is 18.0. The van der Waals surface area contributed by atoms with E-state index in [4.69, 9.17) is 0 Å². The maximum atomic E-state index is 13.4. The minimum atomic E-state index is -4.05. The summed E-state index contributed by atoms with van der Waals surface area (Å²) < 4.78 is 27.7. The average molecular weight is 467 g/mol. The van der Waals surface area contributed by atoms with E-state index in [1.165, 1.54) is 30.3 Å². The van der Waals surface area contributed by atoms with Crippen LogP contribution in [0.4, 0.5) is 11.4 Å². The number of benzene rings is 3. The third-order valence-electron chi connectivity index (χ3n) is 4.77. The Bertz CT molecular complexity index is 1310. The van der Waals surface area contributed by atoms with Crippen LogP contribution in [0, 0.1) is 24.0 Å². The Labute approximate surface area is 191 Å². The Morgan fingerprint density at radius 1 is 1.06 bits per heavy atom. The summed E-state index contributed by atoms with van der Waals surface area (Å²) in [7, 11) is -4.05. The van der Waals surface area contributed by atoms with Gasteiger partial charge in [0.15, 0.2) is 0 Å². The molecule has 10 heteroatoms. The van der Waals surface area contributed by atoms with Gasteiger partial charge in [0.05, 0.1) is 27.3 Å². The van der Waals surface area contributed by atoms with E-state index in [2.05, 4.69) is 10.5 Å². The molecule has 0 aliphatic rings. The van der Waals surface area contributed by atoms with Crippen molar-refractivity contribution in [3.05, 3.63) is 99.6 Å². The fraction of sp³-hybridized carbons (Fsp3) is 0.130. The van der Waals surface area contributed by atoms with Crippen molar-refractivity contribution in [1.29, 1.82) is 0 Å². The fourth-order valence-electron chi connectivity index (χ4n) is 3.21. The summed E-state index contributed by atoms with van der Waals surface area (Å²) in [6, 6.07) is 19.0. The molecule has 0 radical (unpaired) electrons. The standard InChI is InChI=1S/C23H22N4O5S/c1-17-12-13-21(18(2)14-17)26(33(31,32)20-9-4-3-5-10-20)16-23(28)25-24-15-19-8-6-7-11-22(19)27(29)30/h3-15H,16H2,1-2H3,(H,25,28)/b24-15-. The second kappa shape index (κ2) is 10.0. The third kappa shape index (κ3) is 5.60. The molecule has 170 valence electrons. The van der Waals surface area contributed by atoms with E-state index in [9.17, 15) is 23.3 Å². The van der Waals surface area contributed by atoms with Gasteiger partial charge in [-0.3, -0.25) is 19.2 Å². The molecule has 0 aliphatic carbocycles. The van der Waals surface area contributed by atoms with E-state index in [1.807, 2.05) is 13.0 Å². The molecule has 0 bridgehead atoms. The molecule has 3 aromatic carbocycles. The first-order valence-electron chi connectivity index (χ1n) is 9.90. The normalized spacial score (nSPS) is 11.3. The molecule has 0 spiro atoms. The molecule has 0 heterocycles. The second-order valence-electron chi connectivity index (χ2n) is 7.22. The number of para-hydroxylation sites is 1. The minimum absolute atomic E-state index is 0.0428. The molecule has 33 heavy (non-hydrogen) atoms. The number of anilines is 1. The van der Waals surface area contributed by atoms with Crippen molar-refractivity contribution in [2.75, 3.05) is 10.8 Å². The van der Waals surface area contributed by atoms with Gasteiger partial charge < -0.3 is 0 Å². The van der Waals surface area contributed by atoms with Crippen molar-refractivity contribution in [1.82, 2.24) is 5.43 Å². The second-order valence-corrected chi connectivity index (χ2v) is 9.09. The largest absolute Gasteiger partial charge is 0.278 e. The summed E-state index contributed by atoms with van der Waals surface area (Å²) in [6.07, 6.45) is 1.14. The monoisotopic (exact) mass is 466 g/mol. The van der Waals surface area contributed by atoms with Crippen molar-refractivity contribution in [2.24, 2.45) is 5.10 Å². The molecule has 3 aromatic rings. The molecule has 1 amide bonds. The van der Waals surface area contributed by atoms with E-state index in [1.54, 1.807) is 43.3 Å². The van der Waals surface area contributed by atoms with Gasteiger partial charge in [0.1, 0.15) is 6.54 Å². The highest BCUT2D eigenvalue weighted by molar-refractivity contribution is 7.92. The van der Waals surface area contributed by atoms with Crippen LogP contribution in [0.5, 0.6) is 0 Å². The first-order chi connectivity index (χ1) is 15.7. The van der Waals surface area contributed by atoms with Gasteiger partial charge in [-0.1, -0.05) is 48.0 Å². The molecule has 0 aliphatic heterocycles. The zero-order chi connectivity index (χ0) is 24.0. The van der Waals surface area contributed by atoms with Crippen LogP contribution >= 0.6 is 0 Å². The highest BCUT2D eigenvalue weighted by atomic mass is 32.2. The first kappa shape index (κ1) is 23.6. The molecule has 1 N–H and O–H groups in total. The lowest BCUT2D eigenvalue weighted by molar-refractivity contribution is -0.385. The lowest BCUT2D eigenvalue weighted by atomic mass is 10.1. The molecule has 3 rings (SSSR count). The Hall–Kier alpha value is -4.05. The number of nitro groups is 1. The van der Waals surface area contributed by atoms with E-state index >= 15 is 0 Å². The van der Waals surface area contributed by atoms with Gasteiger partial charge >= 0.3 is 0 Å². The number of sulfonamides is 1. The number of hydrogen-bond donors (Lipinski definition) is 1. The summed E-state index contributed by atoms with van der Waals surface area (Å²) >= 11 is 0. The summed E-state index contributed by atoms with van der Waals surface area (Å²) in [5, 5.41) is 14.9. The average Bonchev–Trinajstić information content (AvgIpc) is 2.78. The number of hydrogen-bond acceptors (Lipinski definition) is 6. The molecule has 0 unspecified atom stereocenters. The quantitative estimate of drug-likeness (QED) is 0.309. The fourth-order valence-corrected chi connectivity index (χ4v) is 4.71. The number of hydrazone groups is 1. The predicted molar refractivity (Wildman–Crippen MR) is 126 cm³/mol. The van der Waals surface area contributed by atoms with Crippen LogP contribution in [0.1, 0.15) is 16.7 Å². The van der Waals surface area contributed by atoms with Crippen LogP contribution in [0.25, 0.3) is 0 Å². The summed E-state index contributed by atoms with van der Waals surface area (Å²) in [5.41, 5.74) is 4.29. The number of carbonyl (C=O) groups excluding carboxylic acids is 1. The van der Waals surface area contributed by atoms with Gasteiger partial charge in [0.2, 0.25) is 0 Å². The Morgan fingerprint density at radius 3 is 2.39 bits per heavy atom. The van der Waals surface area contributed by atoms with Gasteiger partial charge in [-0.05, 0) is 43.7 Å².